The van der Waals surface area contributed by atoms with Gasteiger partial charge in [-0.3, -0.25) is 9.69 Å². The lowest BCUT2D eigenvalue weighted by Gasteiger charge is -2.26. The Kier molecular flexibility index (Phi) is 4.54. The SMILES string of the molecule is CN(Cc1ccc(F)cc1Br)C1COCC1C(=O)O. The van der Waals surface area contributed by atoms with Crippen LogP contribution >= 0.6 is 15.9 Å². The molecule has 19 heavy (non-hydrogen) atoms. The Bertz CT molecular complexity index is 483. The summed E-state index contributed by atoms with van der Waals surface area (Å²) in [6, 6.07) is 4.34. The van der Waals surface area contributed by atoms with Crippen molar-refractivity contribution in [1.29, 1.82) is 0 Å². The van der Waals surface area contributed by atoms with E-state index in [0.29, 0.717) is 17.6 Å². The molecule has 1 saturated heterocycles. The molecule has 1 heterocycles. The van der Waals surface area contributed by atoms with E-state index in [0.717, 1.165) is 5.56 Å². The third-order valence-corrected chi connectivity index (χ3v) is 4.11. The molecule has 6 heteroatoms. The highest BCUT2D eigenvalue weighted by Crippen LogP contribution is 2.24. The van der Waals surface area contributed by atoms with Gasteiger partial charge in [-0.25, -0.2) is 4.39 Å². The van der Waals surface area contributed by atoms with Crippen molar-refractivity contribution in [3.8, 4) is 0 Å². The number of likely N-dealkylation sites (N-methyl/N-ethyl adjacent to an activating group) is 1. The van der Waals surface area contributed by atoms with Gasteiger partial charge >= 0.3 is 5.97 Å². The van der Waals surface area contributed by atoms with Crippen LogP contribution in [0.4, 0.5) is 4.39 Å². The van der Waals surface area contributed by atoms with Crippen LogP contribution in [-0.4, -0.2) is 42.3 Å². The lowest BCUT2D eigenvalue weighted by atomic mass is 10.0. The van der Waals surface area contributed by atoms with Crippen molar-refractivity contribution in [2.24, 2.45) is 5.92 Å². The number of benzene rings is 1. The van der Waals surface area contributed by atoms with Crippen molar-refractivity contribution < 1.29 is 19.0 Å². The van der Waals surface area contributed by atoms with Crippen LogP contribution in [0.5, 0.6) is 0 Å². The van der Waals surface area contributed by atoms with Crippen LogP contribution < -0.4 is 0 Å². The predicted molar refractivity (Wildman–Crippen MR) is 71.3 cm³/mol. The Morgan fingerprint density at radius 1 is 1.58 bits per heavy atom. The second-order valence-corrected chi connectivity index (χ2v) is 5.55. The Balaban J connectivity index is 2.08. The number of hydrogen-bond acceptors (Lipinski definition) is 3. The van der Waals surface area contributed by atoms with Crippen LogP contribution in [0.2, 0.25) is 0 Å². The predicted octanol–water partition coefficient (Wildman–Crippen LogP) is 2.12. The Labute approximate surface area is 119 Å². The molecule has 1 aliphatic rings. The fraction of sp³-hybridized carbons (Fsp3) is 0.462. The Morgan fingerprint density at radius 3 is 2.95 bits per heavy atom. The van der Waals surface area contributed by atoms with E-state index in [-0.39, 0.29) is 18.5 Å². The second kappa shape index (κ2) is 5.98. The van der Waals surface area contributed by atoms with Gasteiger partial charge in [-0.15, -0.1) is 0 Å². The van der Waals surface area contributed by atoms with Gasteiger partial charge in [-0.05, 0) is 24.7 Å². The zero-order valence-corrected chi connectivity index (χ0v) is 12.1. The Hall–Kier alpha value is -0.980. The van der Waals surface area contributed by atoms with E-state index >= 15 is 0 Å². The fourth-order valence-corrected chi connectivity index (χ4v) is 2.73. The van der Waals surface area contributed by atoms with E-state index in [4.69, 9.17) is 9.84 Å². The largest absolute Gasteiger partial charge is 0.481 e. The molecule has 0 aromatic heterocycles. The molecule has 2 atom stereocenters. The monoisotopic (exact) mass is 331 g/mol. The van der Waals surface area contributed by atoms with E-state index in [2.05, 4.69) is 15.9 Å². The number of halogens is 2. The number of carboxylic acid groups (broad SMARTS) is 1. The van der Waals surface area contributed by atoms with Crippen LogP contribution in [0.25, 0.3) is 0 Å². The molecule has 1 fully saturated rings. The molecule has 4 nitrogen and oxygen atoms in total. The summed E-state index contributed by atoms with van der Waals surface area (Å²) in [4.78, 5) is 13.0. The van der Waals surface area contributed by atoms with Crippen molar-refractivity contribution in [2.45, 2.75) is 12.6 Å². The van der Waals surface area contributed by atoms with Gasteiger partial charge in [0.15, 0.2) is 0 Å². The van der Waals surface area contributed by atoms with Gasteiger partial charge in [-0.1, -0.05) is 22.0 Å². The third-order valence-electron chi connectivity index (χ3n) is 3.37. The van der Waals surface area contributed by atoms with Crippen molar-refractivity contribution in [3.05, 3.63) is 34.1 Å². The first-order chi connectivity index (χ1) is 8.99. The summed E-state index contributed by atoms with van der Waals surface area (Å²) in [5.74, 6) is -1.65. The van der Waals surface area contributed by atoms with Gasteiger partial charge in [0.1, 0.15) is 5.82 Å². The maximum atomic E-state index is 13.0. The van der Waals surface area contributed by atoms with Crippen LogP contribution in [0.3, 0.4) is 0 Å². The first kappa shape index (κ1) is 14.4. The summed E-state index contributed by atoms with van der Waals surface area (Å²) in [7, 11) is 1.85. The molecular weight excluding hydrogens is 317 g/mol. The summed E-state index contributed by atoms with van der Waals surface area (Å²) in [6.45, 7) is 1.19. The van der Waals surface area contributed by atoms with Crippen molar-refractivity contribution in [3.63, 3.8) is 0 Å². The molecule has 104 valence electrons. The normalized spacial score (nSPS) is 22.9. The van der Waals surface area contributed by atoms with Gasteiger partial charge < -0.3 is 9.84 Å². The number of hydrogen-bond donors (Lipinski definition) is 1. The average molecular weight is 332 g/mol. The number of carbonyl (C=O) groups is 1. The topological polar surface area (TPSA) is 49.8 Å². The Morgan fingerprint density at radius 2 is 2.32 bits per heavy atom. The summed E-state index contributed by atoms with van der Waals surface area (Å²) < 4.78 is 18.9. The molecular formula is C13H15BrFNO3. The van der Waals surface area contributed by atoms with E-state index in [9.17, 15) is 9.18 Å². The van der Waals surface area contributed by atoms with Crippen molar-refractivity contribution in [2.75, 3.05) is 20.3 Å². The quantitative estimate of drug-likeness (QED) is 0.918. The van der Waals surface area contributed by atoms with Crippen molar-refractivity contribution in [1.82, 2.24) is 4.90 Å². The zero-order chi connectivity index (χ0) is 14.0. The fourth-order valence-electron chi connectivity index (χ4n) is 2.25. The highest BCUT2D eigenvalue weighted by atomic mass is 79.9. The molecule has 2 unspecified atom stereocenters. The minimum Gasteiger partial charge on any atom is -0.481 e. The van der Waals surface area contributed by atoms with E-state index < -0.39 is 11.9 Å². The van der Waals surface area contributed by atoms with Crippen LogP contribution in [-0.2, 0) is 16.1 Å². The molecule has 0 spiro atoms. The van der Waals surface area contributed by atoms with E-state index in [1.807, 2.05) is 11.9 Å². The van der Waals surface area contributed by atoms with Gasteiger partial charge in [0, 0.05) is 17.1 Å². The standard InChI is InChI=1S/C13H15BrFNO3/c1-16(12-7-19-6-10(12)13(17)18)5-8-2-3-9(15)4-11(8)14/h2-4,10,12H,5-7H2,1H3,(H,17,18). The van der Waals surface area contributed by atoms with Crippen molar-refractivity contribution >= 4 is 21.9 Å². The van der Waals surface area contributed by atoms with Gasteiger partial charge in [0.25, 0.3) is 0 Å². The number of carboxylic acids is 1. The zero-order valence-electron chi connectivity index (χ0n) is 10.5. The number of ether oxygens (including phenoxy) is 1. The van der Waals surface area contributed by atoms with Gasteiger partial charge in [-0.2, -0.15) is 0 Å². The number of aliphatic carboxylic acids is 1. The van der Waals surface area contributed by atoms with E-state index in [1.165, 1.54) is 12.1 Å². The van der Waals surface area contributed by atoms with Crippen LogP contribution in [0.1, 0.15) is 5.56 Å². The molecule has 1 aromatic rings. The number of rotatable bonds is 4. The smallest absolute Gasteiger partial charge is 0.310 e. The molecule has 1 N–H and O–H groups in total. The van der Waals surface area contributed by atoms with Crippen LogP contribution in [0.15, 0.2) is 22.7 Å². The minimum absolute atomic E-state index is 0.158. The summed E-state index contributed by atoms with van der Waals surface area (Å²) in [5.41, 5.74) is 0.917. The molecule has 1 aromatic carbocycles. The molecule has 1 aliphatic heterocycles. The molecule has 0 saturated carbocycles. The van der Waals surface area contributed by atoms with Gasteiger partial charge in [0.05, 0.1) is 19.1 Å². The summed E-state index contributed by atoms with van der Waals surface area (Å²) >= 11 is 3.31. The maximum Gasteiger partial charge on any atom is 0.310 e. The lowest BCUT2D eigenvalue weighted by molar-refractivity contribution is -0.143. The molecule has 0 aliphatic carbocycles. The third kappa shape index (κ3) is 3.32. The van der Waals surface area contributed by atoms with Gasteiger partial charge in [0.2, 0.25) is 0 Å². The molecule has 0 amide bonds. The lowest BCUT2D eigenvalue weighted by Crippen LogP contribution is -2.40. The van der Waals surface area contributed by atoms with E-state index in [1.54, 1.807) is 6.07 Å². The highest BCUT2D eigenvalue weighted by molar-refractivity contribution is 9.10. The second-order valence-electron chi connectivity index (χ2n) is 4.70. The maximum absolute atomic E-state index is 13.0. The average Bonchev–Trinajstić information content (AvgIpc) is 2.82. The minimum atomic E-state index is -0.840. The molecule has 0 bridgehead atoms. The molecule has 2 rings (SSSR count). The highest BCUT2D eigenvalue weighted by Gasteiger charge is 2.36. The summed E-state index contributed by atoms with van der Waals surface area (Å²) in [5, 5.41) is 9.12. The first-order valence-electron chi connectivity index (χ1n) is 5.93. The molecule has 0 radical (unpaired) electrons. The summed E-state index contributed by atoms with van der Waals surface area (Å²) in [6.07, 6.45) is 0. The number of nitrogens with zero attached hydrogens (tertiary/aromatic N) is 1. The first-order valence-corrected chi connectivity index (χ1v) is 6.73. The van der Waals surface area contributed by atoms with Crippen LogP contribution in [0, 0.1) is 11.7 Å².